The third-order valence-corrected chi connectivity index (χ3v) is 5.47. The lowest BCUT2D eigenvalue weighted by atomic mass is 10.1. The summed E-state index contributed by atoms with van der Waals surface area (Å²) in [6.45, 7) is 6.87. The largest absolute Gasteiger partial charge is 0.368 e. The number of para-hydroxylation sites is 2. The highest BCUT2D eigenvalue weighted by Crippen LogP contribution is 2.21. The summed E-state index contributed by atoms with van der Waals surface area (Å²) in [5.41, 5.74) is 10.2. The first-order chi connectivity index (χ1) is 14.5. The molecule has 6 heteroatoms. The Labute approximate surface area is 177 Å². The van der Waals surface area contributed by atoms with Gasteiger partial charge in [0.05, 0.1) is 0 Å². The molecule has 30 heavy (non-hydrogen) atoms. The minimum absolute atomic E-state index is 0.246. The molecule has 0 aliphatic carbocycles. The number of urea groups is 1. The van der Waals surface area contributed by atoms with Crippen LogP contribution in [-0.4, -0.2) is 47.9 Å². The second-order valence-electron chi connectivity index (χ2n) is 7.66. The van der Waals surface area contributed by atoms with E-state index in [1.54, 1.807) is 11.8 Å². The van der Waals surface area contributed by atoms with Crippen LogP contribution in [0.3, 0.4) is 0 Å². The summed E-state index contributed by atoms with van der Waals surface area (Å²) in [4.78, 5) is 29.0. The summed E-state index contributed by atoms with van der Waals surface area (Å²) in [7, 11) is 0. The van der Waals surface area contributed by atoms with Crippen LogP contribution in [0, 0.1) is 6.92 Å². The number of amides is 2. The number of hydrogen-bond acceptors (Lipinski definition) is 3. The molecule has 1 saturated heterocycles. The van der Waals surface area contributed by atoms with Crippen LogP contribution in [0.5, 0.6) is 0 Å². The number of rotatable bonds is 4. The van der Waals surface area contributed by atoms with Gasteiger partial charge in [0.15, 0.2) is 0 Å². The maximum Gasteiger partial charge on any atom is 0.314 e. The van der Waals surface area contributed by atoms with Crippen molar-refractivity contribution in [3.63, 3.8) is 0 Å². The molecule has 3 aromatic rings. The molecule has 2 amide bonds. The van der Waals surface area contributed by atoms with Crippen LogP contribution >= 0.6 is 0 Å². The number of carbonyl (C=O) groups is 2. The maximum atomic E-state index is 11.0. The molecule has 0 atom stereocenters. The van der Waals surface area contributed by atoms with E-state index in [0.717, 1.165) is 25.0 Å². The molecule has 0 radical (unpaired) electrons. The fourth-order valence-corrected chi connectivity index (χ4v) is 3.74. The first kappa shape index (κ1) is 21.4. The van der Waals surface area contributed by atoms with Gasteiger partial charge in [-0.25, -0.2) is 4.79 Å². The van der Waals surface area contributed by atoms with Crippen LogP contribution in [0.4, 0.5) is 10.5 Å². The number of anilines is 1. The normalized spacial score (nSPS) is 13.7. The predicted molar refractivity (Wildman–Crippen MR) is 122 cm³/mol. The minimum Gasteiger partial charge on any atom is -0.368 e. The number of aryl methyl sites for hydroxylation is 2. The van der Waals surface area contributed by atoms with Crippen LogP contribution in [0.25, 0.3) is 10.9 Å². The van der Waals surface area contributed by atoms with E-state index < -0.39 is 0 Å². The Morgan fingerprint density at radius 3 is 2.33 bits per heavy atom. The Balaban J connectivity index is 0.000000172. The molecular weight excluding hydrogens is 376 g/mol. The second-order valence-corrected chi connectivity index (χ2v) is 7.66. The number of benzene rings is 2. The van der Waals surface area contributed by atoms with E-state index in [-0.39, 0.29) is 11.8 Å². The van der Waals surface area contributed by atoms with Crippen LogP contribution in [0.15, 0.2) is 54.7 Å². The zero-order valence-electron chi connectivity index (χ0n) is 17.7. The van der Waals surface area contributed by atoms with E-state index in [1.807, 2.05) is 36.5 Å². The van der Waals surface area contributed by atoms with Gasteiger partial charge in [-0.05, 0) is 43.5 Å². The lowest BCUT2D eigenvalue weighted by Gasteiger charge is -2.35. The molecular formula is C24H30N4O2. The topological polar surface area (TPSA) is 82.4 Å². The van der Waals surface area contributed by atoms with Gasteiger partial charge in [0.1, 0.15) is 5.78 Å². The highest BCUT2D eigenvalue weighted by atomic mass is 16.2. The maximum absolute atomic E-state index is 11.0. The number of nitrogens with two attached hydrogens (primary N) is 1. The molecule has 1 aliphatic rings. The van der Waals surface area contributed by atoms with E-state index >= 15 is 0 Å². The first-order valence-electron chi connectivity index (χ1n) is 10.3. The number of H-pyrrole nitrogens is 1. The highest BCUT2D eigenvalue weighted by Gasteiger charge is 2.19. The fourth-order valence-electron chi connectivity index (χ4n) is 3.74. The number of nitrogens with one attached hydrogen (secondary N) is 1. The van der Waals surface area contributed by atoms with Crippen molar-refractivity contribution < 1.29 is 9.59 Å². The van der Waals surface area contributed by atoms with Gasteiger partial charge in [0.2, 0.25) is 0 Å². The Bertz CT molecular complexity index is 1000. The minimum atomic E-state index is -0.315. The SMILES string of the molecule is CC(=O)CCc1c[nH]c2ccccc12.Cc1ccccc1N1CCN(C(N)=O)CC1. The zero-order chi connectivity index (χ0) is 21.5. The standard InChI is InChI=1S/C12H17N3O.C12H13NO/c1-10-4-2-3-5-11(10)14-6-8-15(9-7-14)12(13)16;1-9(14)6-7-10-8-13-12-5-3-2-4-11(10)12/h2-5H,6-9H2,1H3,(H2,13,16);2-5,8,13H,6-7H2,1H3. The Kier molecular flexibility index (Phi) is 7.12. The number of fused-ring (bicyclic) bond motifs is 1. The predicted octanol–water partition coefficient (Wildman–Crippen LogP) is 3.89. The summed E-state index contributed by atoms with van der Waals surface area (Å²) in [6.07, 6.45) is 3.45. The molecule has 1 aliphatic heterocycles. The molecule has 1 aromatic heterocycles. The summed E-state index contributed by atoms with van der Waals surface area (Å²) in [5, 5.41) is 1.23. The number of carbonyl (C=O) groups excluding carboxylic acids is 2. The molecule has 1 fully saturated rings. The number of hydrogen-bond donors (Lipinski definition) is 2. The van der Waals surface area contributed by atoms with E-state index in [0.29, 0.717) is 19.5 Å². The molecule has 3 N–H and O–H groups in total. The average Bonchev–Trinajstić information content (AvgIpc) is 3.16. The van der Waals surface area contributed by atoms with Gasteiger partial charge < -0.3 is 25.3 Å². The highest BCUT2D eigenvalue weighted by molar-refractivity contribution is 5.84. The number of Topliss-reactive ketones (excluding diaryl/α,β-unsaturated/α-hetero) is 1. The van der Waals surface area contributed by atoms with Crippen molar-refractivity contribution in [1.29, 1.82) is 0 Å². The van der Waals surface area contributed by atoms with Gasteiger partial charge in [0, 0.05) is 55.4 Å². The van der Waals surface area contributed by atoms with Crippen molar-refractivity contribution in [3.05, 3.63) is 65.9 Å². The molecule has 4 rings (SSSR count). The van der Waals surface area contributed by atoms with Crippen molar-refractivity contribution in [3.8, 4) is 0 Å². The van der Waals surface area contributed by atoms with Crippen LogP contribution < -0.4 is 10.6 Å². The van der Waals surface area contributed by atoms with E-state index in [1.165, 1.54) is 22.2 Å². The summed E-state index contributed by atoms with van der Waals surface area (Å²) < 4.78 is 0. The number of primary amides is 1. The van der Waals surface area contributed by atoms with Crippen molar-refractivity contribution in [1.82, 2.24) is 9.88 Å². The molecule has 2 heterocycles. The number of aromatic amines is 1. The Morgan fingerprint density at radius 1 is 1.00 bits per heavy atom. The van der Waals surface area contributed by atoms with Crippen LogP contribution in [0.1, 0.15) is 24.5 Å². The number of nitrogens with zero attached hydrogens (tertiary/aromatic N) is 2. The van der Waals surface area contributed by atoms with Gasteiger partial charge in [0.25, 0.3) is 0 Å². The van der Waals surface area contributed by atoms with Gasteiger partial charge in [-0.2, -0.15) is 0 Å². The molecule has 2 aromatic carbocycles. The van der Waals surface area contributed by atoms with Crippen molar-refractivity contribution in [2.45, 2.75) is 26.7 Å². The second kappa shape index (κ2) is 9.96. The van der Waals surface area contributed by atoms with Crippen molar-refractivity contribution in [2.24, 2.45) is 5.73 Å². The van der Waals surface area contributed by atoms with Gasteiger partial charge >= 0.3 is 6.03 Å². The van der Waals surface area contributed by atoms with E-state index in [2.05, 4.69) is 35.0 Å². The third-order valence-electron chi connectivity index (χ3n) is 5.47. The summed E-state index contributed by atoms with van der Waals surface area (Å²) in [6, 6.07) is 16.2. The molecule has 0 bridgehead atoms. The van der Waals surface area contributed by atoms with Gasteiger partial charge in [-0.15, -0.1) is 0 Å². The van der Waals surface area contributed by atoms with Crippen LogP contribution in [-0.2, 0) is 11.2 Å². The van der Waals surface area contributed by atoms with Gasteiger partial charge in [-0.3, -0.25) is 0 Å². The van der Waals surface area contributed by atoms with Gasteiger partial charge in [-0.1, -0.05) is 36.4 Å². The zero-order valence-corrected chi connectivity index (χ0v) is 17.7. The fraction of sp³-hybridized carbons (Fsp3) is 0.333. The third kappa shape index (κ3) is 5.41. The Hall–Kier alpha value is -3.28. The van der Waals surface area contributed by atoms with E-state index in [9.17, 15) is 9.59 Å². The number of piperazine rings is 1. The summed E-state index contributed by atoms with van der Waals surface area (Å²) in [5.74, 6) is 0.246. The monoisotopic (exact) mass is 406 g/mol. The van der Waals surface area contributed by atoms with Crippen molar-refractivity contribution in [2.75, 3.05) is 31.1 Å². The Morgan fingerprint density at radius 2 is 1.67 bits per heavy atom. The quantitative estimate of drug-likeness (QED) is 0.690. The molecule has 0 unspecified atom stereocenters. The number of aromatic nitrogens is 1. The lowest BCUT2D eigenvalue weighted by Crippen LogP contribution is -2.50. The summed E-state index contributed by atoms with van der Waals surface area (Å²) >= 11 is 0. The first-order valence-corrected chi connectivity index (χ1v) is 10.3. The smallest absolute Gasteiger partial charge is 0.314 e. The lowest BCUT2D eigenvalue weighted by molar-refractivity contribution is -0.116. The molecule has 0 spiro atoms. The molecule has 0 saturated carbocycles. The molecule has 6 nitrogen and oxygen atoms in total. The average molecular weight is 407 g/mol. The number of ketones is 1. The van der Waals surface area contributed by atoms with Crippen LogP contribution in [0.2, 0.25) is 0 Å². The van der Waals surface area contributed by atoms with Crippen molar-refractivity contribution >= 4 is 28.4 Å². The molecule has 158 valence electrons. The van der Waals surface area contributed by atoms with E-state index in [4.69, 9.17) is 5.73 Å².